The Bertz CT molecular complexity index is 79.2. The Labute approximate surface area is 65.2 Å². The van der Waals surface area contributed by atoms with E-state index in [0.717, 1.165) is 12.5 Å². The van der Waals surface area contributed by atoms with Gasteiger partial charge in [-0.25, -0.2) is 0 Å². The molecule has 0 amide bonds. The lowest BCUT2D eigenvalue weighted by molar-refractivity contribution is 0.402. The van der Waals surface area contributed by atoms with Gasteiger partial charge in [0.15, 0.2) is 0 Å². The van der Waals surface area contributed by atoms with Gasteiger partial charge in [-0.2, -0.15) is 0 Å². The maximum Gasteiger partial charge on any atom is 0.00965 e. The molecule has 0 aliphatic carbocycles. The van der Waals surface area contributed by atoms with Crippen LogP contribution in [0.3, 0.4) is 0 Å². The molecule has 0 fully saturated rings. The van der Waals surface area contributed by atoms with E-state index in [1.54, 1.807) is 0 Å². The first-order chi connectivity index (χ1) is 4.42. The van der Waals surface area contributed by atoms with Crippen molar-refractivity contribution in [3.8, 4) is 0 Å². The number of nitrogens with one attached hydrogen (secondary N) is 1. The summed E-state index contributed by atoms with van der Waals surface area (Å²) >= 11 is 0. The van der Waals surface area contributed by atoms with E-state index in [4.69, 9.17) is 0 Å². The van der Waals surface area contributed by atoms with Gasteiger partial charge in [0.2, 0.25) is 0 Å². The Morgan fingerprint density at radius 1 is 1.20 bits per heavy atom. The molecule has 1 heteroatoms. The number of hydrogen-bond acceptors (Lipinski definition) is 1. The van der Waals surface area contributed by atoms with Gasteiger partial charge >= 0.3 is 0 Å². The standard InChI is InChI=1S/C9H21N/c1-8(2)6-7-10-9(3,4)5/h8,10H,6-7H2,1-5H3. The van der Waals surface area contributed by atoms with E-state index in [0.29, 0.717) is 0 Å². The van der Waals surface area contributed by atoms with E-state index in [1.165, 1.54) is 6.42 Å². The van der Waals surface area contributed by atoms with E-state index < -0.39 is 0 Å². The molecular weight excluding hydrogens is 122 g/mol. The topological polar surface area (TPSA) is 12.0 Å². The summed E-state index contributed by atoms with van der Waals surface area (Å²) in [5.41, 5.74) is 0.287. The number of rotatable bonds is 3. The Morgan fingerprint density at radius 3 is 2.00 bits per heavy atom. The highest BCUT2D eigenvalue weighted by Gasteiger charge is 2.07. The molecule has 0 aromatic heterocycles. The zero-order valence-electron chi connectivity index (χ0n) is 7.99. The van der Waals surface area contributed by atoms with Crippen molar-refractivity contribution in [2.24, 2.45) is 5.92 Å². The fourth-order valence-corrected chi connectivity index (χ4v) is 0.736. The fraction of sp³-hybridized carbons (Fsp3) is 1.00. The highest BCUT2D eigenvalue weighted by atomic mass is 14.9. The first-order valence-corrected chi connectivity index (χ1v) is 4.17. The summed E-state index contributed by atoms with van der Waals surface area (Å²) in [6.07, 6.45) is 1.28. The summed E-state index contributed by atoms with van der Waals surface area (Å²) < 4.78 is 0. The first-order valence-electron chi connectivity index (χ1n) is 4.17. The molecule has 0 aromatic rings. The highest BCUT2D eigenvalue weighted by Crippen LogP contribution is 2.01. The largest absolute Gasteiger partial charge is 0.312 e. The molecule has 1 nitrogen and oxygen atoms in total. The van der Waals surface area contributed by atoms with Crippen molar-refractivity contribution >= 4 is 0 Å². The smallest absolute Gasteiger partial charge is 0.00965 e. The lowest BCUT2D eigenvalue weighted by atomic mass is 10.1. The summed E-state index contributed by atoms with van der Waals surface area (Å²) in [6.45, 7) is 12.3. The van der Waals surface area contributed by atoms with Gasteiger partial charge in [-0.1, -0.05) is 13.8 Å². The van der Waals surface area contributed by atoms with Crippen LogP contribution in [0.1, 0.15) is 41.0 Å². The minimum Gasteiger partial charge on any atom is -0.312 e. The maximum atomic E-state index is 3.45. The van der Waals surface area contributed by atoms with Crippen molar-refractivity contribution in [2.45, 2.75) is 46.6 Å². The van der Waals surface area contributed by atoms with Crippen LogP contribution in [0.2, 0.25) is 0 Å². The molecule has 0 saturated heterocycles. The van der Waals surface area contributed by atoms with Crippen molar-refractivity contribution < 1.29 is 0 Å². The molecule has 0 aliphatic rings. The second kappa shape index (κ2) is 3.97. The van der Waals surface area contributed by atoms with E-state index in [1.807, 2.05) is 0 Å². The van der Waals surface area contributed by atoms with Crippen LogP contribution in [-0.4, -0.2) is 12.1 Å². The third kappa shape index (κ3) is 7.96. The Hall–Kier alpha value is -0.0400. The molecule has 0 rings (SSSR count). The molecule has 1 N–H and O–H groups in total. The Kier molecular flexibility index (Phi) is 3.95. The molecular formula is C9H21N. The van der Waals surface area contributed by atoms with E-state index in [2.05, 4.69) is 39.9 Å². The first kappa shape index (κ1) is 9.96. The SMILES string of the molecule is CC(C)CCNC(C)(C)C. The van der Waals surface area contributed by atoms with Crippen molar-refractivity contribution in [1.82, 2.24) is 5.32 Å². The van der Waals surface area contributed by atoms with Gasteiger partial charge in [-0.3, -0.25) is 0 Å². The van der Waals surface area contributed by atoms with E-state index >= 15 is 0 Å². The monoisotopic (exact) mass is 143 g/mol. The molecule has 0 aliphatic heterocycles. The molecule has 0 aromatic carbocycles. The second-order valence-electron chi connectivity index (χ2n) is 4.36. The van der Waals surface area contributed by atoms with E-state index in [-0.39, 0.29) is 5.54 Å². The van der Waals surface area contributed by atoms with Gasteiger partial charge < -0.3 is 5.32 Å². The van der Waals surface area contributed by atoms with Gasteiger partial charge in [0.05, 0.1) is 0 Å². The van der Waals surface area contributed by atoms with Crippen molar-refractivity contribution in [2.75, 3.05) is 6.54 Å². The molecule has 0 unspecified atom stereocenters. The van der Waals surface area contributed by atoms with Crippen LogP contribution < -0.4 is 5.32 Å². The van der Waals surface area contributed by atoms with Crippen LogP contribution in [-0.2, 0) is 0 Å². The highest BCUT2D eigenvalue weighted by molar-refractivity contribution is 4.69. The van der Waals surface area contributed by atoms with Crippen molar-refractivity contribution in [3.63, 3.8) is 0 Å². The average molecular weight is 143 g/mol. The van der Waals surface area contributed by atoms with Gasteiger partial charge in [-0.15, -0.1) is 0 Å². The van der Waals surface area contributed by atoms with Gasteiger partial charge in [0, 0.05) is 5.54 Å². The predicted octanol–water partition coefficient (Wildman–Crippen LogP) is 2.42. The quantitative estimate of drug-likeness (QED) is 0.640. The molecule has 0 spiro atoms. The Morgan fingerprint density at radius 2 is 1.70 bits per heavy atom. The predicted molar refractivity (Wildman–Crippen MR) is 47.2 cm³/mol. The van der Waals surface area contributed by atoms with Crippen molar-refractivity contribution in [3.05, 3.63) is 0 Å². The summed E-state index contributed by atoms with van der Waals surface area (Å²) in [5.74, 6) is 0.815. The van der Waals surface area contributed by atoms with Gasteiger partial charge in [0.1, 0.15) is 0 Å². The molecule has 0 atom stereocenters. The van der Waals surface area contributed by atoms with Gasteiger partial charge in [-0.05, 0) is 39.7 Å². The summed E-state index contributed by atoms with van der Waals surface area (Å²) in [7, 11) is 0. The third-order valence-corrected chi connectivity index (χ3v) is 1.38. The minimum atomic E-state index is 0.287. The summed E-state index contributed by atoms with van der Waals surface area (Å²) in [4.78, 5) is 0. The van der Waals surface area contributed by atoms with E-state index in [9.17, 15) is 0 Å². The van der Waals surface area contributed by atoms with Crippen molar-refractivity contribution in [1.29, 1.82) is 0 Å². The lowest BCUT2D eigenvalue weighted by Gasteiger charge is -2.20. The zero-order valence-corrected chi connectivity index (χ0v) is 7.99. The van der Waals surface area contributed by atoms with Crippen LogP contribution in [0, 0.1) is 5.92 Å². The maximum absolute atomic E-state index is 3.45. The normalized spacial score (nSPS) is 12.6. The van der Waals surface area contributed by atoms with Crippen LogP contribution in [0.25, 0.3) is 0 Å². The minimum absolute atomic E-state index is 0.287. The Balaban J connectivity index is 3.21. The van der Waals surface area contributed by atoms with Gasteiger partial charge in [0.25, 0.3) is 0 Å². The van der Waals surface area contributed by atoms with Crippen LogP contribution in [0.5, 0.6) is 0 Å². The molecule has 0 bridgehead atoms. The fourth-order valence-electron chi connectivity index (χ4n) is 0.736. The average Bonchev–Trinajstić information content (AvgIpc) is 1.59. The van der Waals surface area contributed by atoms with Crippen LogP contribution in [0.15, 0.2) is 0 Å². The van der Waals surface area contributed by atoms with Crippen LogP contribution in [0.4, 0.5) is 0 Å². The molecule has 0 saturated carbocycles. The summed E-state index contributed by atoms with van der Waals surface area (Å²) in [6, 6.07) is 0. The zero-order chi connectivity index (χ0) is 8.20. The lowest BCUT2D eigenvalue weighted by Crippen LogP contribution is -2.36. The summed E-state index contributed by atoms with van der Waals surface area (Å²) in [5, 5.41) is 3.45. The third-order valence-electron chi connectivity index (χ3n) is 1.38. The van der Waals surface area contributed by atoms with Crippen LogP contribution >= 0.6 is 0 Å². The molecule has 10 heavy (non-hydrogen) atoms. The molecule has 0 radical (unpaired) electrons. The number of hydrogen-bond donors (Lipinski definition) is 1. The molecule has 62 valence electrons. The molecule has 0 heterocycles. The second-order valence-corrected chi connectivity index (χ2v) is 4.36.